The lowest BCUT2D eigenvalue weighted by Gasteiger charge is -2.36. The molecule has 2 heterocycles. The molecule has 0 saturated heterocycles. The lowest BCUT2D eigenvalue weighted by Crippen LogP contribution is -2.38. The van der Waals surface area contributed by atoms with Crippen LogP contribution in [0.2, 0.25) is 0 Å². The number of benzene rings is 1. The van der Waals surface area contributed by atoms with E-state index in [0.717, 1.165) is 36.2 Å². The van der Waals surface area contributed by atoms with Crippen LogP contribution in [0.3, 0.4) is 0 Å². The van der Waals surface area contributed by atoms with E-state index in [0.29, 0.717) is 29.3 Å². The third kappa shape index (κ3) is 3.48. The number of carbonyl (C=O) groups excluding carboxylic acids is 1. The minimum absolute atomic E-state index is 0.0596. The number of aromatic hydroxyl groups is 1. The van der Waals surface area contributed by atoms with Crippen LogP contribution in [0.15, 0.2) is 18.2 Å². The number of thiophene rings is 1. The Labute approximate surface area is 176 Å². The predicted molar refractivity (Wildman–Crippen MR) is 117 cm³/mol. The van der Waals surface area contributed by atoms with Gasteiger partial charge in [0.25, 0.3) is 5.91 Å². The molecule has 5 nitrogen and oxygen atoms in total. The average molecular weight is 415 g/mol. The molecule has 2 aromatic rings. The van der Waals surface area contributed by atoms with Crippen molar-refractivity contribution in [3.8, 4) is 11.5 Å². The lowest BCUT2D eigenvalue weighted by molar-refractivity contribution is 0.0934. The zero-order valence-corrected chi connectivity index (χ0v) is 18.4. The molecule has 0 unspecified atom stereocenters. The van der Waals surface area contributed by atoms with Gasteiger partial charge in [0, 0.05) is 10.4 Å². The van der Waals surface area contributed by atoms with Gasteiger partial charge in [0.05, 0.1) is 12.2 Å². The van der Waals surface area contributed by atoms with Crippen LogP contribution in [-0.2, 0) is 12.8 Å². The highest BCUT2D eigenvalue weighted by Gasteiger charge is 2.37. The maximum Gasteiger partial charge on any atom is 0.256 e. The number of ether oxygens (including phenoxy) is 1. The van der Waals surface area contributed by atoms with Crippen LogP contribution in [0.4, 0.5) is 5.00 Å². The molecule has 4 rings (SSSR count). The summed E-state index contributed by atoms with van der Waals surface area (Å²) in [6, 6.07) is 5.38. The van der Waals surface area contributed by atoms with Gasteiger partial charge in [-0.2, -0.15) is 0 Å². The van der Waals surface area contributed by atoms with Crippen molar-refractivity contribution in [1.82, 2.24) is 5.32 Å². The monoisotopic (exact) mass is 414 g/mol. The normalized spacial score (nSPS) is 21.0. The largest absolute Gasteiger partial charge is 0.504 e. The SMILES string of the molecule is CCOc1cccc([C@H]2NC(=O)c3c(sc4c3CC[C@@H](C(C)(C)CC)C4)N2)c1O. The van der Waals surface area contributed by atoms with Crippen molar-refractivity contribution in [3.05, 3.63) is 39.8 Å². The molecular formula is C23H30N2O3S. The number of para-hydroxylation sites is 1. The van der Waals surface area contributed by atoms with E-state index in [1.165, 1.54) is 10.4 Å². The van der Waals surface area contributed by atoms with Crippen molar-refractivity contribution in [1.29, 1.82) is 0 Å². The number of nitrogens with one attached hydrogen (secondary N) is 2. The molecule has 29 heavy (non-hydrogen) atoms. The van der Waals surface area contributed by atoms with Crippen LogP contribution in [0.5, 0.6) is 11.5 Å². The van der Waals surface area contributed by atoms with Crippen LogP contribution in [0.1, 0.15) is 73.1 Å². The molecule has 2 atom stereocenters. The summed E-state index contributed by atoms with van der Waals surface area (Å²) >= 11 is 1.71. The Hall–Kier alpha value is -2.21. The van der Waals surface area contributed by atoms with Crippen molar-refractivity contribution < 1.29 is 14.6 Å². The Morgan fingerprint density at radius 2 is 2.07 bits per heavy atom. The quantitative estimate of drug-likeness (QED) is 0.625. The number of rotatable bonds is 5. The third-order valence-corrected chi connectivity index (χ3v) is 7.89. The smallest absolute Gasteiger partial charge is 0.256 e. The zero-order chi connectivity index (χ0) is 20.8. The average Bonchev–Trinajstić information content (AvgIpc) is 3.07. The summed E-state index contributed by atoms with van der Waals surface area (Å²) in [5, 5.41) is 18.0. The number of phenolic OH excluding ortho intramolecular Hbond substituents is 1. The van der Waals surface area contributed by atoms with Crippen molar-refractivity contribution in [3.63, 3.8) is 0 Å². The van der Waals surface area contributed by atoms with Crippen molar-refractivity contribution in [2.24, 2.45) is 11.3 Å². The van der Waals surface area contributed by atoms with Crippen molar-refractivity contribution in [2.75, 3.05) is 11.9 Å². The Morgan fingerprint density at radius 1 is 1.28 bits per heavy atom. The number of hydrogen-bond donors (Lipinski definition) is 3. The van der Waals surface area contributed by atoms with Gasteiger partial charge in [0.2, 0.25) is 0 Å². The summed E-state index contributed by atoms with van der Waals surface area (Å²) in [6.45, 7) is 9.31. The molecule has 3 N–H and O–H groups in total. The highest BCUT2D eigenvalue weighted by atomic mass is 32.1. The summed E-state index contributed by atoms with van der Waals surface area (Å²) < 4.78 is 5.50. The summed E-state index contributed by atoms with van der Waals surface area (Å²) in [5.74, 6) is 1.09. The van der Waals surface area contributed by atoms with E-state index in [1.807, 2.05) is 19.1 Å². The molecule has 0 fully saturated rings. The van der Waals surface area contributed by atoms with Gasteiger partial charge in [0.1, 0.15) is 11.2 Å². The molecular weight excluding hydrogens is 384 g/mol. The maximum atomic E-state index is 13.0. The molecule has 0 saturated carbocycles. The molecule has 1 aromatic carbocycles. The third-order valence-electron chi connectivity index (χ3n) is 6.70. The highest BCUT2D eigenvalue weighted by molar-refractivity contribution is 7.16. The highest BCUT2D eigenvalue weighted by Crippen LogP contribution is 2.47. The molecule has 0 bridgehead atoms. The fourth-order valence-electron chi connectivity index (χ4n) is 4.45. The van der Waals surface area contributed by atoms with Gasteiger partial charge in [-0.1, -0.05) is 39.3 Å². The van der Waals surface area contributed by atoms with E-state index in [4.69, 9.17) is 4.74 Å². The first kappa shape index (κ1) is 20.1. The molecule has 1 aliphatic heterocycles. The van der Waals surface area contributed by atoms with Crippen LogP contribution in [0, 0.1) is 11.3 Å². The van der Waals surface area contributed by atoms with Crippen molar-refractivity contribution >= 4 is 22.2 Å². The molecule has 1 aliphatic carbocycles. The second kappa shape index (κ2) is 7.56. The summed E-state index contributed by atoms with van der Waals surface area (Å²) in [4.78, 5) is 14.3. The van der Waals surface area contributed by atoms with Gasteiger partial charge in [-0.05, 0) is 49.1 Å². The van der Waals surface area contributed by atoms with E-state index < -0.39 is 6.17 Å². The first-order valence-electron chi connectivity index (χ1n) is 10.5. The van der Waals surface area contributed by atoms with Gasteiger partial charge in [-0.15, -0.1) is 11.3 Å². The Kier molecular flexibility index (Phi) is 5.23. The fourth-order valence-corrected chi connectivity index (χ4v) is 5.81. The number of hydrogen-bond acceptors (Lipinski definition) is 5. The summed E-state index contributed by atoms with van der Waals surface area (Å²) in [5.41, 5.74) is 2.94. The van der Waals surface area contributed by atoms with Gasteiger partial charge >= 0.3 is 0 Å². The van der Waals surface area contributed by atoms with Crippen LogP contribution < -0.4 is 15.4 Å². The van der Waals surface area contributed by atoms with E-state index in [9.17, 15) is 9.90 Å². The molecule has 0 radical (unpaired) electrons. The Morgan fingerprint density at radius 3 is 2.79 bits per heavy atom. The predicted octanol–water partition coefficient (Wildman–Crippen LogP) is 5.25. The Bertz CT molecular complexity index is 934. The standard InChI is InChI=1S/C23H30N2O3S/c1-5-23(3,4)13-10-11-14-17(12-13)29-22-18(14)21(27)24-20(25-22)15-8-7-9-16(19(15)26)28-6-2/h7-9,13,20,25-26H,5-6,10-12H2,1-4H3,(H,24,27)/t13-,20+/m1/s1. The number of carbonyl (C=O) groups is 1. The van der Waals surface area contributed by atoms with Gasteiger partial charge in [-0.25, -0.2) is 0 Å². The lowest BCUT2D eigenvalue weighted by atomic mass is 9.69. The number of phenols is 1. The van der Waals surface area contributed by atoms with E-state index in [2.05, 4.69) is 31.4 Å². The number of amides is 1. The van der Waals surface area contributed by atoms with Crippen LogP contribution in [0.25, 0.3) is 0 Å². The molecule has 2 aliphatic rings. The van der Waals surface area contributed by atoms with Gasteiger partial charge in [-0.3, -0.25) is 4.79 Å². The van der Waals surface area contributed by atoms with Crippen LogP contribution in [-0.4, -0.2) is 17.6 Å². The first-order chi connectivity index (χ1) is 13.9. The second-order valence-corrected chi connectivity index (χ2v) is 9.77. The maximum absolute atomic E-state index is 13.0. The summed E-state index contributed by atoms with van der Waals surface area (Å²) in [7, 11) is 0. The van der Waals surface area contributed by atoms with Crippen LogP contribution >= 0.6 is 11.3 Å². The second-order valence-electron chi connectivity index (χ2n) is 8.67. The molecule has 1 amide bonds. The molecule has 156 valence electrons. The molecule has 6 heteroatoms. The molecule has 0 spiro atoms. The van der Waals surface area contributed by atoms with Gasteiger partial charge in [0.15, 0.2) is 11.5 Å². The summed E-state index contributed by atoms with van der Waals surface area (Å²) in [6.07, 6.45) is 3.82. The first-order valence-corrected chi connectivity index (χ1v) is 11.3. The minimum atomic E-state index is -0.474. The van der Waals surface area contributed by atoms with Crippen molar-refractivity contribution in [2.45, 2.75) is 59.5 Å². The molecule has 1 aromatic heterocycles. The Balaban J connectivity index is 1.64. The zero-order valence-electron chi connectivity index (χ0n) is 17.6. The van der Waals surface area contributed by atoms with Gasteiger partial charge < -0.3 is 20.5 Å². The van der Waals surface area contributed by atoms with E-state index in [1.54, 1.807) is 17.4 Å². The van der Waals surface area contributed by atoms with E-state index in [-0.39, 0.29) is 11.7 Å². The number of fused-ring (bicyclic) bond motifs is 3. The minimum Gasteiger partial charge on any atom is -0.504 e. The van der Waals surface area contributed by atoms with E-state index >= 15 is 0 Å². The topological polar surface area (TPSA) is 70.6 Å². The fraction of sp³-hybridized carbons (Fsp3) is 0.522. The number of anilines is 1.